The summed E-state index contributed by atoms with van der Waals surface area (Å²) < 4.78 is 36.8. The molecule has 1 atom stereocenters. The smallest absolute Gasteiger partial charge is 0.265 e. The fourth-order valence-corrected chi connectivity index (χ4v) is 2.51. The molecule has 3 rings (SSSR count). The highest BCUT2D eigenvalue weighted by atomic mass is 19.2. The molecule has 0 aliphatic rings. The average Bonchev–Trinajstić information content (AvgIpc) is 3.23. The van der Waals surface area contributed by atoms with Crippen molar-refractivity contribution in [3.8, 4) is 5.75 Å². The maximum Gasteiger partial charge on any atom is 0.265 e. The van der Waals surface area contributed by atoms with Crippen molar-refractivity contribution < 1.29 is 27.5 Å². The van der Waals surface area contributed by atoms with Crippen LogP contribution in [0.15, 0.2) is 65.3 Å². The molecule has 150 valence electrons. The fraction of sp³-hybridized carbons (Fsp3) is 0.143. The average molecular weight is 400 g/mol. The molecule has 1 unspecified atom stereocenters. The van der Waals surface area contributed by atoms with Gasteiger partial charge in [0, 0.05) is 6.07 Å². The van der Waals surface area contributed by atoms with Gasteiger partial charge in [-0.1, -0.05) is 12.1 Å². The van der Waals surface area contributed by atoms with E-state index < -0.39 is 29.6 Å². The first-order valence-electron chi connectivity index (χ1n) is 8.76. The summed E-state index contributed by atoms with van der Waals surface area (Å²) in [6.45, 7) is 1.65. The molecular weight excluding hydrogens is 382 g/mol. The molecule has 0 saturated carbocycles. The molecule has 8 heteroatoms. The normalized spacial score (nSPS) is 11.6. The van der Waals surface area contributed by atoms with Gasteiger partial charge in [-0.2, -0.15) is 0 Å². The summed E-state index contributed by atoms with van der Waals surface area (Å²) in [7, 11) is 0. The topological polar surface area (TPSA) is 80.6 Å². The first-order chi connectivity index (χ1) is 13.9. The van der Waals surface area contributed by atoms with Crippen LogP contribution >= 0.6 is 0 Å². The van der Waals surface area contributed by atoms with E-state index in [1.54, 1.807) is 36.4 Å². The number of furan rings is 1. The van der Waals surface area contributed by atoms with Crippen LogP contribution in [0.1, 0.15) is 23.0 Å². The van der Waals surface area contributed by atoms with E-state index in [2.05, 4.69) is 10.6 Å². The Bertz CT molecular complexity index is 1010. The molecule has 0 bridgehead atoms. The number of rotatable bonds is 7. The molecule has 6 nitrogen and oxygen atoms in total. The van der Waals surface area contributed by atoms with Crippen LogP contribution in [0.25, 0.3) is 0 Å². The zero-order valence-electron chi connectivity index (χ0n) is 15.4. The highest BCUT2D eigenvalue weighted by Crippen LogP contribution is 2.19. The highest BCUT2D eigenvalue weighted by Gasteiger charge is 2.19. The number of nitrogens with one attached hydrogen (secondary N) is 2. The van der Waals surface area contributed by atoms with E-state index in [1.165, 1.54) is 19.3 Å². The van der Waals surface area contributed by atoms with Crippen molar-refractivity contribution in [2.75, 3.05) is 5.32 Å². The Labute approximate surface area is 165 Å². The minimum absolute atomic E-state index is 0.0102. The third kappa shape index (κ3) is 5.19. The van der Waals surface area contributed by atoms with E-state index in [0.717, 1.165) is 12.1 Å². The Balaban J connectivity index is 1.65. The monoisotopic (exact) mass is 400 g/mol. The molecule has 2 aromatic carbocycles. The van der Waals surface area contributed by atoms with E-state index in [4.69, 9.17) is 9.15 Å². The number of carbonyl (C=O) groups is 2. The van der Waals surface area contributed by atoms with E-state index in [-0.39, 0.29) is 23.5 Å². The first kappa shape index (κ1) is 20.1. The minimum Gasteiger partial charge on any atom is -0.481 e. The van der Waals surface area contributed by atoms with Crippen LogP contribution in [0.5, 0.6) is 5.75 Å². The molecule has 0 aliphatic heterocycles. The summed E-state index contributed by atoms with van der Waals surface area (Å²) >= 11 is 0. The second-order valence-electron chi connectivity index (χ2n) is 6.13. The zero-order valence-corrected chi connectivity index (χ0v) is 15.4. The molecule has 3 aromatic rings. The lowest BCUT2D eigenvalue weighted by Crippen LogP contribution is -2.31. The third-order valence-electron chi connectivity index (χ3n) is 4.01. The number of carbonyl (C=O) groups excluding carboxylic acids is 2. The van der Waals surface area contributed by atoms with Crippen LogP contribution in [-0.4, -0.2) is 17.9 Å². The molecule has 1 heterocycles. The van der Waals surface area contributed by atoms with Crippen LogP contribution in [-0.2, 0) is 11.3 Å². The minimum atomic E-state index is -1.08. The summed E-state index contributed by atoms with van der Waals surface area (Å²) in [5.41, 5.74) is 0.544. The number of hydrogen-bond acceptors (Lipinski definition) is 4. The van der Waals surface area contributed by atoms with E-state index in [9.17, 15) is 18.4 Å². The number of halogens is 2. The molecule has 0 saturated heterocycles. The maximum atomic E-state index is 13.3. The number of amides is 2. The second-order valence-corrected chi connectivity index (χ2v) is 6.13. The second kappa shape index (κ2) is 9.01. The van der Waals surface area contributed by atoms with Crippen LogP contribution in [0.2, 0.25) is 0 Å². The Hall–Kier alpha value is -3.68. The standard InChI is InChI=1S/C21H18F2N2O4/c1-13(29-14-8-9-17(22)18(23)11-14)20(26)25-19-7-3-2-6-16(19)21(27)24-12-15-5-4-10-28-15/h2-11,13H,12H2,1H3,(H,24,27)(H,25,26). The number of hydrogen-bond donors (Lipinski definition) is 2. The number of para-hydroxylation sites is 1. The van der Waals surface area contributed by atoms with Gasteiger partial charge in [0.2, 0.25) is 0 Å². The Morgan fingerprint density at radius 2 is 1.86 bits per heavy atom. The summed E-state index contributed by atoms with van der Waals surface area (Å²) in [6.07, 6.45) is 0.489. The van der Waals surface area contributed by atoms with Crippen molar-refractivity contribution in [3.05, 3.63) is 83.8 Å². The summed E-state index contributed by atoms with van der Waals surface area (Å²) in [6, 6.07) is 12.9. The number of anilines is 1. The molecule has 0 spiro atoms. The quantitative estimate of drug-likeness (QED) is 0.631. The van der Waals surface area contributed by atoms with Crippen molar-refractivity contribution in [1.82, 2.24) is 5.32 Å². The van der Waals surface area contributed by atoms with Crippen molar-refractivity contribution in [2.24, 2.45) is 0 Å². The van der Waals surface area contributed by atoms with E-state index >= 15 is 0 Å². The largest absolute Gasteiger partial charge is 0.481 e. The zero-order chi connectivity index (χ0) is 20.8. The van der Waals surface area contributed by atoms with Gasteiger partial charge in [-0.15, -0.1) is 0 Å². The van der Waals surface area contributed by atoms with E-state index in [1.807, 2.05) is 0 Å². The molecule has 0 fully saturated rings. The van der Waals surface area contributed by atoms with Gasteiger partial charge in [0.25, 0.3) is 11.8 Å². The molecule has 0 aliphatic carbocycles. The Kier molecular flexibility index (Phi) is 6.23. The lowest BCUT2D eigenvalue weighted by atomic mass is 10.1. The van der Waals surface area contributed by atoms with Crippen LogP contribution in [0.4, 0.5) is 14.5 Å². The Morgan fingerprint density at radius 3 is 2.59 bits per heavy atom. The molecule has 2 amide bonds. The van der Waals surface area contributed by atoms with Gasteiger partial charge in [-0.25, -0.2) is 8.78 Å². The van der Waals surface area contributed by atoms with Gasteiger partial charge in [-0.05, 0) is 43.3 Å². The summed E-state index contributed by atoms with van der Waals surface area (Å²) in [5.74, 6) is -2.44. The third-order valence-corrected chi connectivity index (χ3v) is 4.01. The van der Waals surface area contributed by atoms with Crippen LogP contribution in [0.3, 0.4) is 0 Å². The van der Waals surface area contributed by atoms with Crippen molar-refractivity contribution >= 4 is 17.5 Å². The van der Waals surface area contributed by atoms with Crippen LogP contribution in [0, 0.1) is 11.6 Å². The van der Waals surface area contributed by atoms with Crippen LogP contribution < -0.4 is 15.4 Å². The van der Waals surface area contributed by atoms with Crippen molar-refractivity contribution in [2.45, 2.75) is 19.6 Å². The van der Waals surface area contributed by atoms with Gasteiger partial charge in [0.15, 0.2) is 17.7 Å². The van der Waals surface area contributed by atoms with Gasteiger partial charge >= 0.3 is 0 Å². The van der Waals surface area contributed by atoms with Gasteiger partial charge in [0.05, 0.1) is 24.1 Å². The molecular formula is C21H18F2N2O4. The van der Waals surface area contributed by atoms with Gasteiger partial charge < -0.3 is 19.8 Å². The predicted octanol–water partition coefficient (Wildman–Crippen LogP) is 3.89. The van der Waals surface area contributed by atoms with Crippen molar-refractivity contribution in [1.29, 1.82) is 0 Å². The number of ether oxygens (including phenoxy) is 1. The fourth-order valence-electron chi connectivity index (χ4n) is 2.51. The maximum absolute atomic E-state index is 13.3. The summed E-state index contributed by atoms with van der Waals surface area (Å²) in [5, 5.41) is 5.32. The predicted molar refractivity (Wildman–Crippen MR) is 101 cm³/mol. The highest BCUT2D eigenvalue weighted by molar-refractivity contribution is 6.04. The molecule has 29 heavy (non-hydrogen) atoms. The molecule has 1 aromatic heterocycles. The van der Waals surface area contributed by atoms with Gasteiger partial charge in [0.1, 0.15) is 11.5 Å². The van der Waals surface area contributed by atoms with E-state index in [0.29, 0.717) is 5.76 Å². The SMILES string of the molecule is CC(Oc1ccc(F)c(F)c1)C(=O)Nc1ccccc1C(=O)NCc1ccco1. The summed E-state index contributed by atoms with van der Waals surface area (Å²) in [4.78, 5) is 24.9. The number of benzene rings is 2. The lowest BCUT2D eigenvalue weighted by Gasteiger charge is -2.16. The van der Waals surface area contributed by atoms with Crippen molar-refractivity contribution in [3.63, 3.8) is 0 Å². The van der Waals surface area contributed by atoms with Gasteiger partial charge in [-0.3, -0.25) is 9.59 Å². The first-order valence-corrected chi connectivity index (χ1v) is 8.76. The Morgan fingerprint density at radius 1 is 1.07 bits per heavy atom. The molecule has 2 N–H and O–H groups in total. The molecule has 0 radical (unpaired) electrons. The lowest BCUT2D eigenvalue weighted by molar-refractivity contribution is -0.122.